The number of halogens is 2. The van der Waals surface area contributed by atoms with Crippen molar-refractivity contribution in [2.24, 2.45) is 17.6 Å². The predicted molar refractivity (Wildman–Crippen MR) is 65.8 cm³/mol. The summed E-state index contributed by atoms with van der Waals surface area (Å²) < 4.78 is 26.0. The molecular formula is C14H18F2N2. The number of rotatable bonds is 2. The summed E-state index contributed by atoms with van der Waals surface area (Å²) in [5.41, 5.74) is 6.92. The fourth-order valence-corrected chi connectivity index (χ4v) is 3.43. The van der Waals surface area contributed by atoms with Crippen LogP contribution in [-0.4, -0.2) is 24.0 Å². The van der Waals surface area contributed by atoms with Crippen molar-refractivity contribution in [2.75, 3.05) is 13.1 Å². The number of hydrogen-bond donors (Lipinski definition) is 1. The topological polar surface area (TPSA) is 29.3 Å². The average Bonchev–Trinajstić information content (AvgIpc) is 2.87. The molecule has 1 aromatic rings. The zero-order valence-electron chi connectivity index (χ0n) is 10.3. The molecule has 4 heteroatoms. The number of benzene rings is 1. The Labute approximate surface area is 106 Å². The van der Waals surface area contributed by atoms with E-state index in [1.807, 2.05) is 0 Å². The summed E-state index contributed by atoms with van der Waals surface area (Å²) in [5.74, 6) is -0.247. The minimum atomic E-state index is -0.779. The molecule has 1 aromatic carbocycles. The number of hydrogen-bond acceptors (Lipinski definition) is 2. The summed E-state index contributed by atoms with van der Waals surface area (Å²) in [6, 6.07) is 4.48. The lowest BCUT2D eigenvalue weighted by Crippen LogP contribution is -2.30. The molecule has 1 heterocycles. The number of fused-ring (bicyclic) bond motifs is 1. The molecule has 18 heavy (non-hydrogen) atoms. The molecule has 2 aliphatic rings. The summed E-state index contributed by atoms with van der Waals surface area (Å²) in [7, 11) is 0. The molecule has 1 saturated carbocycles. The Bertz CT molecular complexity index is 449. The lowest BCUT2D eigenvalue weighted by Gasteiger charge is -2.18. The van der Waals surface area contributed by atoms with Crippen LogP contribution in [0.4, 0.5) is 8.78 Å². The summed E-state index contributed by atoms with van der Waals surface area (Å²) >= 11 is 0. The van der Waals surface area contributed by atoms with Gasteiger partial charge in [-0.15, -0.1) is 0 Å². The van der Waals surface area contributed by atoms with Gasteiger partial charge in [-0.1, -0.05) is 6.07 Å². The van der Waals surface area contributed by atoms with Crippen LogP contribution < -0.4 is 5.73 Å². The molecule has 98 valence electrons. The molecule has 2 fully saturated rings. The molecule has 0 bridgehead atoms. The minimum absolute atomic E-state index is 0.324. The van der Waals surface area contributed by atoms with Crippen molar-refractivity contribution in [3.63, 3.8) is 0 Å². The van der Waals surface area contributed by atoms with Gasteiger partial charge in [0.15, 0.2) is 11.6 Å². The molecule has 0 spiro atoms. The van der Waals surface area contributed by atoms with Gasteiger partial charge in [-0.3, -0.25) is 4.90 Å². The first-order chi connectivity index (χ1) is 8.63. The van der Waals surface area contributed by atoms with Crippen molar-refractivity contribution in [1.82, 2.24) is 4.90 Å². The van der Waals surface area contributed by atoms with Crippen molar-refractivity contribution >= 4 is 0 Å². The molecular weight excluding hydrogens is 234 g/mol. The molecule has 2 nitrogen and oxygen atoms in total. The first-order valence-corrected chi connectivity index (χ1v) is 6.55. The van der Waals surface area contributed by atoms with Crippen LogP contribution in [0.3, 0.4) is 0 Å². The molecule has 3 atom stereocenters. The van der Waals surface area contributed by atoms with E-state index < -0.39 is 11.6 Å². The SMILES string of the molecule is NC1CCC2CN(Cc3ccc(F)c(F)c3)CC12. The molecule has 2 N–H and O–H groups in total. The fourth-order valence-electron chi connectivity index (χ4n) is 3.43. The smallest absolute Gasteiger partial charge is 0.159 e. The Hall–Kier alpha value is -1.00. The highest BCUT2D eigenvalue weighted by atomic mass is 19.2. The average molecular weight is 252 g/mol. The number of likely N-dealkylation sites (tertiary alicyclic amines) is 1. The quantitative estimate of drug-likeness (QED) is 0.873. The Morgan fingerprint density at radius 1 is 1.17 bits per heavy atom. The van der Waals surface area contributed by atoms with Gasteiger partial charge in [0.05, 0.1) is 0 Å². The first kappa shape index (κ1) is 12.1. The van der Waals surface area contributed by atoms with Crippen LogP contribution in [-0.2, 0) is 6.54 Å². The monoisotopic (exact) mass is 252 g/mol. The van der Waals surface area contributed by atoms with Crippen molar-refractivity contribution in [1.29, 1.82) is 0 Å². The van der Waals surface area contributed by atoms with Crippen molar-refractivity contribution in [3.8, 4) is 0 Å². The fraction of sp³-hybridized carbons (Fsp3) is 0.571. The van der Waals surface area contributed by atoms with Gasteiger partial charge in [-0.05, 0) is 42.4 Å². The highest BCUT2D eigenvalue weighted by Crippen LogP contribution is 2.37. The van der Waals surface area contributed by atoms with E-state index in [4.69, 9.17) is 5.73 Å². The zero-order chi connectivity index (χ0) is 12.7. The third kappa shape index (κ3) is 2.15. The molecule has 0 radical (unpaired) electrons. The maximum absolute atomic E-state index is 13.1. The van der Waals surface area contributed by atoms with E-state index in [1.54, 1.807) is 6.07 Å². The Kier molecular flexibility index (Phi) is 3.08. The molecule has 1 aliphatic carbocycles. The van der Waals surface area contributed by atoms with E-state index in [2.05, 4.69) is 4.90 Å². The second-order valence-corrected chi connectivity index (χ2v) is 5.61. The zero-order valence-corrected chi connectivity index (χ0v) is 10.3. The van der Waals surface area contributed by atoms with Crippen LogP contribution in [0.25, 0.3) is 0 Å². The maximum Gasteiger partial charge on any atom is 0.159 e. The lowest BCUT2D eigenvalue weighted by atomic mass is 9.98. The Balaban J connectivity index is 1.66. The van der Waals surface area contributed by atoms with E-state index >= 15 is 0 Å². The van der Waals surface area contributed by atoms with Gasteiger partial charge in [0.2, 0.25) is 0 Å². The highest BCUT2D eigenvalue weighted by molar-refractivity contribution is 5.18. The van der Waals surface area contributed by atoms with Gasteiger partial charge < -0.3 is 5.73 Å². The van der Waals surface area contributed by atoms with Crippen molar-refractivity contribution in [3.05, 3.63) is 35.4 Å². The molecule has 0 amide bonds. The third-order valence-electron chi connectivity index (χ3n) is 4.38. The second kappa shape index (κ2) is 4.59. The minimum Gasteiger partial charge on any atom is -0.327 e. The van der Waals surface area contributed by atoms with Crippen LogP contribution in [0.5, 0.6) is 0 Å². The van der Waals surface area contributed by atoms with Gasteiger partial charge in [0.25, 0.3) is 0 Å². The van der Waals surface area contributed by atoms with E-state index in [9.17, 15) is 8.78 Å². The van der Waals surface area contributed by atoms with E-state index in [0.29, 0.717) is 24.4 Å². The second-order valence-electron chi connectivity index (χ2n) is 5.61. The standard InChI is InChI=1S/C14H18F2N2/c15-12-3-1-9(5-13(12)16)6-18-7-10-2-4-14(17)11(10)8-18/h1,3,5,10-11,14H,2,4,6-8,17H2. The van der Waals surface area contributed by atoms with Crippen LogP contribution in [0, 0.1) is 23.5 Å². The number of nitrogens with zero attached hydrogens (tertiary/aromatic N) is 1. The summed E-state index contributed by atoms with van der Waals surface area (Å²) in [5, 5.41) is 0. The van der Waals surface area contributed by atoms with E-state index in [1.165, 1.54) is 18.6 Å². The molecule has 1 aliphatic heterocycles. The van der Waals surface area contributed by atoms with Crippen molar-refractivity contribution in [2.45, 2.75) is 25.4 Å². The van der Waals surface area contributed by atoms with Crippen LogP contribution in [0.2, 0.25) is 0 Å². The maximum atomic E-state index is 13.1. The van der Waals surface area contributed by atoms with Gasteiger partial charge in [0, 0.05) is 25.7 Å². The molecule has 1 saturated heterocycles. The Morgan fingerprint density at radius 2 is 2.00 bits per heavy atom. The van der Waals surface area contributed by atoms with Gasteiger partial charge in [0.1, 0.15) is 0 Å². The normalized spacial score (nSPS) is 31.8. The van der Waals surface area contributed by atoms with Crippen molar-refractivity contribution < 1.29 is 8.78 Å². The van der Waals surface area contributed by atoms with E-state index in [0.717, 1.165) is 25.1 Å². The third-order valence-corrected chi connectivity index (χ3v) is 4.38. The van der Waals surface area contributed by atoms with Crippen LogP contribution in [0.15, 0.2) is 18.2 Å². The summed E-state index contributed by atoms with van der Waals surface area (Å²) in [6.07, 6.45) is 2.34. The largest absolute Gasteiger partial charge is 0.327 e. The van der Waals surface area contributed by atoms with E-state index in [-0.39, 0.29) is 0 Å². The predicted octanol–water partition coefficient (Wildman–Crippen LogP) is 2.13. The Morgan fingerprint density at radius 3 is 2.72 bits per heavy atom. The van der Waals surface area contributed by atoms with Crippen LogP contribution in [0.1, 0.15) is 18.4 Å². The first-order valence-electron chi connectivity index (χ1n) is 6.55. The summed E-state index contributed by atoms with van der Waals surface area (Å²) in [4.78, 5) is 2.31. The lowest BCUT2D eigenvalue weighted by molar-refractivity contribution is 0.297. The van der Waals surface area contributed by atoms with Gasteiger partial charge >= 0.3 is 0 Å². The molecule has 0 aromatic heterocycles. The summed E-state index contributed by atoms with van der Waals surface area (Å²) in [6.45, 7) is 2.72. The highest BCUT2D eigenvalue weighted by Gasteiger charge is 2.40. The molecule has 3 unspecified atom stereocenters. The van der Waals surface area contributed by atoms with Crippen LogP contribution >= 0.6 is 0 Å². The number of nitrogens with two attached hydrogens (primary N) is 1. The molecule has 3 rings (SSSR count). The van der Waals surface area contributed by atoms with Gasteiger partial charge in [-0.2, -0.15) is 0 Å². The van der Waals surface area contributed by atoms with Gasteiger partial charge in [-0.25, -0.2) is 8.78 Å².